The average Bonchev–Trinajstić information content (AvgIpc) is 2.74. The first-order valence-electron chi connectivity index (χ1n) is 6.27. The molecule has 20 heavy (non-hydrogen) atoms. The summed E-state index contributed by atoms with van der Waals surface area (Å²) in [6.45, 7) is 3.70. The second kappa shape index (κ2) is 5.38. The second-order valence-corrected chi connectivity index (χ2v) is 5.84. The number of hydrogen-bond acceptors (Lipinski definition) is 4. The van der Waals surface area contributed by atoms with Crippen LogP contribution in [0.3, 0.4) is 0 Å². The molecule has 1 fully saturated rings. The van der Waals surface area contributed by atoms with Crippen LogP contribution in [-0.2, 0) is 11.3 Å². The fourth-order valence-electron chi connectivity index (χ4n) is 2.45. The van der Waals surface area contributed by atoms with Gasteiger partial charge in [0.15, 0.2) is 0 Å². The van der Waals surface area contributed by atoms with Gasteiger partial charge in [-0.15, -0.1) is 0 Å². The molecule has 1 unspecified atom stereocenters. The lowest BCUT2D eigenvalue weighted by atomic mass is 9.89. The fourth-order valence-corrected chi connectivity index (χ4v) is 2.63. The summed E-state index contributed by atoms with van der Waals surface area (Å²) < 4.78 is 0. The van der Waals surface area contributed by atoms with Crippen molar-refractivity contribution in [3.63, 3.8) is 0 Å². The molecule has 6 nitrogen and oxygen atoms in total. The smallest absolute Gasteiger partial charge is 0.288 e. The Kier molecular flexibility index (Phi) is 3.96. The third-order valence-corrected chi connectivity index (χ3v) is 4.08. The van der Waals surface area contributed by atoms with Crippen molar-refractivity contribution in [2.24, 2.45) is 11.1 Å². The Hall–Kier alpha value is -1.66. The van der Waals surface area contributed by atoms with E-state index in [1.807, 2.05) is 6.92 Å². The molecular formula is C13H16ClN3O3. The molecule has 1 aromatic rings. The van der Waals surface area contributed by atoms with Crippen LogP contribution in [0, 0.1) is 15.5 Å². The monoisotopic (exact) mass is 297 g/mol. The molecule has 108 valence electrons. The van der Waals surface area contributed by atoms with Gasteiger partial charge in [-0.25, -0.2) is 0 Å². The van der Waals surface area contributed by atoms with Crippen LogP contribution in [0.5, 0.6) is 0 Å². The van der Waals surface area contributed by atoms with Crippen molar-refractivity contribution in [3.8, 4) is 0 Å². The van der Waals surface area contributed by atoms with E-state index in [2.05, 4.69) is 4.90 Å². The molecule has 1 aliphatic rings. The zero-order chi connectivity index (χ0) is 14.9. The van der Waals surface area contributed by atoms with Gasteiger partial charge in [0.1, 0.15) is 5.02 Å². The van der Waals surface area contributed by atoms with E-state index in [1.54, 1.807) is 6.07 Å². The van der Waals surface area contributed by atoms with Crippen molar-refractivity contribution in [1.82, 2.24) is 4.90 Å². The van der Waals surface area contributed by atoms with E-state index in [9.17, 15) is 14.9 Å². The van der Waals surface area contributed by atoms with Crippen LogP contribution in [-0.4, -0.2) is 28.8 Å². The highest BCUT2D eigenvalue weighted by atomic mass is 35.5. The van der Waals surface area contributed by atoms with Gasteiger partial charge in [0, 0.05) is 19.2 Å². The van der Waals surface area contributed by atoms with Gasteiger partial charge in [0.25, 0.3) is 5.69 Å². The highest BCUT2D eigenvalue weighted by Crippen LogP contribution is 2.31. The number of amides is 1. The number of nitro benzene ring substituents is 1. The van der Waals surface area contributed by atoms with E-state index in [1.165, 1.54) is 12.1 Å². The van der Waals surface area contributed by atoms with Gasteiger partial charge in [-0.05, 0) is 31.5 Å². The Bertz CT molecular complexity index is 564. The Balaban J connectivity index is 2.11. The first-order valence-corrected chi connectivity index (χ1v) is 6.65. The fraction of sp³-hybridized carbons (Fsp3) is 0.462. The third kappa shape index (κ3) is 2.91. The maximum Gasteiger partial charge on any atom is 0.288 e. The highest BCUT2D eigenvalue weighted by molar-refractivity contribution is 6.32. The number of benzene rings is 1. The van der Waals surface area contributed by atoms with E-state index in [4.69, 9.17) is 17.3 Å². The van der Waals surface area contributed by atoms with E-state index in [0.29, 0.717) is 19.5 Å². The normalized spacial score (nSPS) is 22.9. The lowest BCUT2D eigenvalue weighted by Crippen LogP contribution is -2.36. The summed E-state index contributed by atoms with van der Waals surface area (Å²) in [5.41, 5.74) is 5.59. The molecule has 1 aromatic carbocycles. The Labute approximate surface area is 121 Å². The number of carbonyl (C=O) groups is 1. The molecule has 0 aromatic heterocycles. The maximum atomic E-state index is 11.4. The van der Waals surface area contributed by atoms with Crippen molar-refractivity contribution < 1.29 is 9.72 Å². The molecule has 0 radical (unpaired) electrons. The van der Waals surface area contributed by atoms with Gasteiger partial charge >= 0.3 is 0 Å². The Morgan fingerprint density at radius 2 is 2.30 bits per heavy atom. The topological polar surface area (TPSA) is 89.5 Å². The second-order valence-electron chi connectivity index (χ2n) is 5.43. The van der Waals surface area contributed by atoms with Crippen LogP contribution in [0.2, 0.25) is 5.02 Å². The molecule has 2 rings (SSSR count). The summed E-state index contributed by atoms with van der Waals surface area (Å²) in [7, 11) is 0. The maximum absolute atomic E-state index is 11.4. The number of nitro groups is 1. The molecule has 1 heterocycles. The lowest BCUT2D eigenvalue weighted by molar-refractivity contribution is -0.384. The summed E-state index contributed by atoms with van der Waals surface area (Å²) in [5, 5.41) is 11.0. The van der Waals surface area contributed by atoms with E-state index < -0.39 is 10.3 Å². The summed E-state index contributed by atoms with van der Waals surface area (Å²) >= 11 is 5.78. The standard InChI is InChI=1S/C13H16ClN3O3/c1-13(12(15)18)4-5-16(8-13)7-9-2-3-10(14)11(6-9)17(19)20/h2-3,6H,4-5,7-8H2,1H3,(H2,15,18). The predicted molar refractivity (Wildman–Crippen MR) is 75.3 cm³/mol. The van der Waals surface area contributed by atoms with Crippen LogP contribution < -0.4 is 5.73 Å². The average molecular weight is 298 g/mol. The van der Waals surface area contributed by atoms with Crippen molar-refractivity contribution in [2.75, 3.05) is 13.1 Å². The number of halogens is 1. The minimum atomic E-state index is -0.516. The molecule has 0 spiro atoms. The number of hydrogen-bond donors (Lipinski definition) is 1. The third-order valence-electron chi connectivity index (χ3n) is 3.76. The molecule has 1 saturated heterocycles. The number of likely N-dealkylation sites (tertiary alicyclic amines) is 1. The van der Waals surface area contributed by atoms with Crippen LogP contribution in [0.15, 0.2) is 18.2 Å². The summed E-state index contributed by atoms with van der Waals surface area (Å²) in [5.74, 6) is -0.304. The lowest BCUT2D eigenvalue weighted by Gasteiger charge is -2.21. The summed E-state index contributed by atoms with van der Waals surface area (Å²) in [6.07, 6.45) is 0.706. The van der Waals surface area contributed by atoms with Crippen LogP contribution in [0.4, 0.5) is 5.69 Å². The van der Waals surface area contributed by atoms with E-state index in [-0.39, 0.29) is 16.6 Å². The van der Waals surface area contributed by atoms with Gasteiger partial charge in [0.2, 0.25) is 5.91 Å². The first kappa shape index (κ1) is 14.7. The first-order chi connectivity index (χ1) is 9.32. The number of rotatable bonds is 4. The van der Waals surface area contributed by atoms with Crippen LogP contribution >= 0.6 is 11.6 Å². The number of carbonyl (C=O) groups excluding carboxylic acids is 1. The number of nitrogens with zero attached hydrogens (tertiary/aromatic N) is 2. The van der Waals surface area contributed by atoms with Crippen LogP contribution in [0.25, 0.3) is 0 Å². The molecule has 1 aliphatic heterocycles. The molecular weight excluding hydrogens is 282 g/mol. The summed E-state index contributed by atoms with van der Waals surface area (Å²) in [6, 6.07) is 4.76. The number of nitrogens with two attached hydrogens (primary N) is 1. The zero-order valence-electron chi connectivity index (χ0n) is 11.1. The van der Waals surface area contributed by atoms with Gasteiger partial charge in [0.05, 0.1) is 10.3 Å². The van der Waals surface area contributed by atoms with E-state index >= 15 is 0 Å². The minimum absolute atomic E-state index is 0.0963. The van der Waals surface area contributed by atoms with Gasteiger partial charge in [-0.1, -0.05) is 17.7 Å². The highest BCUT2D eigenvalue weighted by Gasteiger charge is 2.38. The molecule has 7 heteroatoms. The van der Waals surface area contributed by atoms with Crippen molar-refractivity contribution in [3.05, 3.63) is 38.9 Å². The molecule has 0 bridgehead atoms. The zero-order valence-corrected chi connectivity index (χ0v) is 11.9. The molecule has 1 atom stereocenters. The van der Waals surface area contributed by atoms with Gasteiger partial charge < -0.3 is 5.73 Å². The Morgan fingerprint density at radius 1 is 1.60 bits per heavy atom. The molecule has 2 N–H and O–H groups in total. The molecule has 1 amide bonds. The van der Waals surface area contributed by atoms with Crippen molar-refractivity contribution >= 4 is 23.2 Å². The Morgan fingerprint density at radius 3 is 2.85 bits per heavy atom. The van der Waals surface area contributed by atoms with Crippen LogP contribution in [0.1, 0.15) is 18.9 Å². The SMILES string of the molecule is CC1(C(N)=O)CCN(Cc2ccc(Cl)c([N+](=O)[O-])c2)C1. The summed E-state index contributed by atoms with van der Waals surface area (Å²) in [4.78, 5) is 23.8. The minimum Gasteiger partial charge on any atom is -0.369 e. The molecule has 0 saturated carbocycles. The van der Waals surface area contributed by atoms with Gasteiger partial charge in [-0.2, -0.15) is 0 Å². The number of primary amides is 1. The van der Waals surface area contributed by atoms with Gasteiger partial charge in [-0.3, -0.25) is 19.8 Å². The largest absolute Gasteiger partial charge is 0.369 e. The van der Waals surface area contributed by atoms with Crippen molar-refractivity contribution in [1.29, 1.82) is 0 Å². The quantitative estimate of drug-likeness (QED) is 0.679. The predicted octanol–water partition coefficient (Wildman–Crippen LogP) is 1.95. The van der Waals surface area contributed by atoms with Crippen molar-refractivity contribution in [2.45, 2.75) is 19.9 Å². The molecule has 0 aliphatic carbocycles. The van der Waals surface area contributed by atoms with E-state index in [0.717, 1.165) is 12.1 Å².